The fourth-order valence-electron chi connectivity index (χ4n) is 2.33. The number of hydroxylamine groups is 1. The summed E-state index contributed by atoms with van der Waals surface area (Å²) in [5.41, 5.74) is 9.71. The highest BCUT2D eigenvalue weighted by molar-refractivity contribution is 5.94. The predicted octanol–water partition coefficient (Wildman–Crippen LogP) is -1.01. The van der Waals surface area contributed by atoms with Gasteiger partial charge in [0.2, 0.25) is 0 Å². The van der Waals surface area contributed by atoms with Crippen molar-refractivity contribution < 1.29 is 14.4 Å². The molecule has 1 aromatic heterocycles. The number of rotatable bonds is 0. The Kier molecular flexibility index (Phi) is 2.44. The van der Waals surface area contributed by atoms with E-state index in [0.29, 0.717) is 38.4 Å². The maximum atomic E-state index is 11.9. The summed E-state index contributed by atoms with van der Waals surface area (Å²) in [5.74, 6) is -0.326. The van der Waals surface area contributed by atoms with E-state index < -0.39 is 6.03 Å². The molecule has 8 heteroatoms. The van der Waals surface area contributed by atoms with E-state index in [2.05, 4.69) is 10.6 Å². The van der Waals surface area contributed by atoms with Crippen LogP contribution in [0.4, 0.5) is 4.79 Å². The largest absolute Gasteiger partial charge is 0.351 e. The normalized spacial score (nSPS) is 18.7. The molecule has 0 radical (unpaired) electrons. The minimum atomic E-state index is -0.481. The molecule has 0 aliphatic carbocycles. The number of nitrogens with zero attached hydrogens (tertiary/aromatic N) is 3. The highest BCUT2D eigenvalue weighted by Crippen LogP contribution is 2.23. The number of carbonyl (C=O) groups is 2. The van der Waals surface area contributed by atoms with Gasteiger partial charge in [-0.25, -0.2) is 10.3 Å². The van der Waals surface area contributed by atoms with Crippen molar-refractivity contribution in [3.05, 3.63) is 17.0 Å². The summed E-state index contributed by atoms with van der Waals surface area (Å²) >= 11 is 0. The van der Waals surface area contributed by atoms with Crippen LogP contribution in [0.25, 0.3) is 0 Å². The molecule has 0 spiro atoms. The molecule has 1 aromatic rings. The predicted molar refractivity (Wildman–Crippen MR) is 59.3 cm³/mol. The third kappa shape index (κ3) is 1.61. The molecular formula is C10H13N5O3. The smallest absolute Gasteiger partial charge is 0.315 e. The second-order valence-electron chi connectivity index (χ2n) is 4.29. The van der Waals surface area contributed by atoms with Crippen molar-refractivity contribution in [3.63, 3.8) is 0 Å². The van der Waals surface area contributed by atoms with E-state index in [1.807, 2.05) is 0 Å². The van der Waals surface area contributed by atoms with Gasteiger partial charge >= 0.3 is 6.03 Å². The minimum Gasteiger partial charge on any atom is -0.351 e. The Morgan fingerprint density at radius 2 is 2.28 bits per heavy atom. The Bertz CT molecular complexity index is 524. The fraction of sp³-hybridized carbons (Fsp3) is 0.500. The van der Waals surface area contributed by atoms with Crippen LogP contribution in [-0.2, 0) is 24.3 Å². The number of aromatic nitrogens is 2. The highest BCUT2D eigenvalue weighted by Gasteiger charge is 2.30. The van der Waals surface area contributed by atoms with Crippen molar-refractivity contribution in [2.45, 2.75) is 19.5 Å². The molecule has 96 valence electrons. The van der Waals surface area contributed by atoms with E-state index in [-0.39, 0.29) is 5.91 Å². The van der Waals surface area contributed by atoms with E-state index in [0.717, 1.165) is 11.3 Å². The van der Waals surface area contributed by atoms with Gasteiger partial charge in [0.15, 0.2) is 0 Å². The Hall–Kier alpha value is -2.09. The summed E-state index contributed by atoms with van der Waals surface area (Å²) in [5, 5.41) is 4.39. The number of primary amides is 1. The molecule has 0 saturated heterocycles. The van der Waals surface area contributed by atoms with Gasteiger partial charge in [-0.15, -0.1) is 0 Å². The van der Waals surface area contributed by atoms with Crippen molar-refractivity contribution in [2.24, 2.45) is 5.73 Å². The maximum absolute atomic E-state index is 11.9. The van der Waals surface area contributed by atoms with Crippen LogP contribution < -0.4 is 11.2 Å². The fourth-order valence-corrected chi connectivity index (χ4v) is 2.33. The summed E-state index contributed by atoms with van der Waals surface area (Å²) in [6.07, 6.45) is 0.617. The average Bonchev–Trinajstić information content (AvgIpc) is 2.61. The molecule has 0 fully saturated rings. The Balaban J connectivity index is 2.02. The zero-order valence-corrected chi connectivity index (χ0v) is 9.68. The van der Waals surface area contributed by atoms with E-state index >= 15 is 0 Å². The van der Waals surface area contributed by atoms with Gasteiger partial charge in [-0.3, -0.25) is 14.3 Å². The second kappa shape index (κ2) is 3.98. The number of carbonyl (C=O) groups excluding carboxylic acids is 2. The third-order valence-electron chi connectivity index (χ3n) is 3.20. The Labute approximate surface area is 103 Å². The van der Waals surface area contributed by atoms with Gasteiger partial charge in [0, 0.05) is 18.5 Å². The lowest BCUT2D eigenvalue weighted by Crippen LogP contribution is -2.40. The first-order chi connectivity index (χ1) is 8.66. The number of hydrogen-bond donors (Lipinski definition) is 2. The van der Waals surface area contributed by atoms with Crippen LogP contribution in [0, 0.1) is 0 Å². The Morgan fingerprint density at radius 3 is 3.06 bits per heavy atom. The lowest BCUT2D eigenvalue weighted by molar-refractivity contribution is 0.0338. The quantitative estimate of drug-likeness (QED) is 0.617. The molecule has 8 nitrogen and oxygen atoms in total. The van der Waals surface area contributed by atoms with Gasteiger partial charge in [-0.1, -0.05) is 0 Å². The van der Waals surface area contributed by atoms with E-state index in [4.69, 9.17) is 10.6 Å². The molecule has 3 rings (SSSR count). The number of urea groups is 1. The molecule has 3 N–H and O–H groups in total. The zero-order chi connectivity index (χ0) is 12.7. The molecule has 0 aromatic carbocycles. The van der Waals surface area contributed by atoms with Gasteiger partial charge < -0.3 is 10.6 Å². The van der Waals surface area contributed by atoms with Crippen LogP contribution in [0.2, 0.25) is 0 Å². The van der Waals surface area contributed by atoms with Crippen LogP contribution in [0.15, 0.2) is 0 Å². The third-order valence-corrected chi connectivity index (χ3v) is 3.20. The maximum Gasteiger partial charge on any atom is 0.315 e. The van der Waals surface area contributed by atoms with Crippen molar-refractivity contribution >= 4 is 11.9 Å². The number of nitrogens with two attached hydrogens (primary N) is 1. The first kappa shape index (κ1) is 11.0. The number of amides is 3. The topological polar surface area (TPSA) is 102 Å². The molecule has 3 heterocycles. The molecule has 2 aliphatic heterocycles. The summed E-state index contributed by atoms with van der Waals surface area (Å²) in [7, 11) is 0. The Morgan fingerprint density at radius 1 is 1.44 bits per heavy atom. The van der Waals surface area contributed by atoms with E-state index in [9.17, 15) is 9.59 Å². The van der Waals surface area contributed by atoms with Gasteiger partial charge in [0.1, 0.15) is 5.69 Å². The van der Waals surface area contributed by atoms with Crippen LogP contribution in [0.1, 0.15) is 21.7 Å². The first-order valence-corrected chi connectivity index (χ1v) is 5.72. The summed E-state index contributed by atoms with van der Waals surface area (Å²) in [6, 6.07) is -0.481. The average molecular weight is 251 g/mol. The monoisotopic (exact) mass is 251 g/mol. The molecule has 0 saturated carbocycles. The molecule has 18 heavy (non-hydrogen) atoms. The second-order valence-corrected chi connectivity index (χ2v) is 4.29. The van der Waals surface area contributed by atoms with Crippen molar-refractivity contribution in [3.8, 4) is 0 Å². The zero-order valence-electron chi connectivity index (χ0n) is 9.68. The molecule has 0 unspecified atom stereocenters. The standard InChI is InChI=1S/C10H13N5O3/c11-10(17)14-2-1-7-6(5-14)8-9(16)13-18-4-3-15(8)12-7/h1-5H2,(H2,11,17)(H,13,16). The summed E-state index contributed by atoms with van der Waals surface area (Å²) in [6.45, 7) is 1.75. The van der Waals surface area contributed by atoms with Gasteiger partial charge in [-0.05, 0) is 0 Å². The molecular weight excluding hydrogens is 238 g/mol. The molecule has 2 aliphatic rings. The molecule has 3 amide bonds. The number of fused-ring (bicyclic) bond motifs is 3. The van der Waals surface area contributed by atoms with Crippen LogP contribution >= 0.6 is 0 Å². The van der Waals surface area contributed by atoms with Gasteiger partial charge in [0.05, 0.1) is 25.4 Å². The number of nitrogens with one attached hydrogen (secondary N) is 1. The van der Waals surface area contributed by atoms with Crippen molar-refractivity contribution in [1.82, 2.24) is 20.2 Å². The van der Waals surface area contributed by atoms with Crippen molar-refractivity contribution in [2.75, 3.05) is 13.2 Å². The molecule has 0 bridgehead atoms. The summed E-state index contributed by atoms with van der Waals surface area (Å²) < 4.78 is 1.64. The summed E-state index contributed by atoms with van der Waals surface area (Å²) in [4.78, 5) is 29.5. The lowest BCUT2D eigenvalue weighted by Gasteiger charge is -2.24. The minimum absolute atomic E-state index is 0.326. The SMILES string of the molecule is NC(=O)N1CCc2nn3c(c2C1)C(=O)NOCC3. The van der Waals surface area contributed by atoms with Crippen LogP contribution in [0.3, 0.4) is 0 Å². The lowest BCUT2D eigenvalue weighted by atomic mass is 10.1. The first-order valence-electron chi connectivity index (χ1n) is 5.72. The van der Waals surface area contributed by atoms with Gasteiger partial charge in [-0.2, -0.15) is 5.10 Å². The van der Waals surface area contributed by atoms with E-state index in [1.54, 1.807) is 4.68 Å². The van der Waals surface area contributed by atoms with Crippen LogP contribution in [-0.4, -0.2) is 39.8 Å². The number of hydrogen-bond acceptors (Lipinski definition) is 4. The van der Waals surface area contributed by atoms with E-state index in [1.165, 1.54) is 4.90 Å². The van der Waals surface area contributed by atoms with Crippen LogP contribution in [0.5, 0.6) is 0 Å². The van der Waals surface area contributed by atoms with Crippen molar-refractivity contribution in [1.29, 1.82) is 0 Å². The highest BCUT2D eigenvalue weighted by atomic mass is 16.7. The van der Waals surface area contributed by atoms with Gasteiger partial charge in [0.25, 0.3) is 5.91 Å². The molecule has 0 atom stereocenters.